The van der Waals surface area contributed by atoms with E-state index in [0.717, 1.165) is 5.56 Å². The predicted molar refractivity (Wildman–Crippen MR) is 134 cm³/mol. The Morgan fingerprint density at radius 2 is 1.59 bits per heavy atom. The van der Waals surface area contributed by atoms with Gasteiger partial charge in [0.05, 0.1) is 10.9 Å². The molecule has 0 fully saturated rings. The summed E-state index contributed by atoms with van der Waals surface area (Å²) in [5.41, 5.74) is -0.604. The summed E-state index contributed by atoms with van der Waals surface area (Å²) in [5.74, 6) is -1.71. The number of carbonyl (C=O) groups is 1. The molecule has 0 atom stereocenters. The molecule has 1 heterocycles. The summed E-state index contributed by atoms with van der Waals surface area (Å²) in [6.07, 6.45) is -4.92. The normalized spacial score (nSPS) is 11.5. The van der Waals surface area contributed by atoms with Crippen LogP contribution in [0.2, 0.25) is 0 Å². The fraction of sp³-hybridized carbons (Fsp3) is 0.103. The molecule has 0 spiro atoms. The summed E-state index contributed by atoms with van der Waals surface area (Å²) < 4.78 is 53.0. The molecule has 0 aliphatic carbocycles. The molecule has 5 rings (SSSR count). The lowest BCUT2D eigenvalue weighted by atomic mass is 9.96. The van der Waals surface area contributed by atoms with E-state index in [2.05, 4.69) is 5.32 Å². The molecule has 0 aliphatic rings. The molecule has 0 saturated carbocycles. The third kappa shape index (κ3) is 5.04. The molecule has 37 heavy (non-hydrogen) atoms. The van der Waals surface area contributed by atoms with Crippen LogP contribution in [0.4, 0.5) is 13.2 Å². The highest BCUT2D eigenvalue weighted by molar-refractivity contribution is 5.98. The maximum atomic E-state index is 14.1. The molecule has 1 amide bonds. The van der Waals surface area contributed by atoms with Gasteiger partial charge in [-0.05, 0) is 34.0 Å². The standard InChI is InChI=1S/C29H20F3NO4/c30-29(31,32)28-26(22-12-6-10-19-9-4-5-11-21(19)22)27(35)23-14-13-20(15-24(23)37-28)36-17-25(34)33-16-18-7-2-1-3-8-18/h1-15H,16-17H2,(H,33,34). The first-order valence-electron chi connectivity index (χ1n) is 11.4. The van der Waals surface area contributed by atoms with Gasteiger partial charge >= 0.3 is 6.18 Å². The van der Waals surface area contributed by atoms with Crippen LogP contribution < -0.4 is 15.5 Å². The molecule has 5 aromatic rings. The second kappa shape index (κ2) is 9.81. The number of hydrogen-bond donors (Lipinski definition) is 1. The monoisotopic (exact) mass is 503 g/mol. The molecule has 1 N–H and O–H groups in total. The van der Waals surface area contributed by atoms with Gasteiger partial charge in [-0.15, -0.1) is 0 Å². The van der Waals surface area contributed by atoms with Gasteiger partial charge in [0, 0.05) is 12.6 Å². The maximum Gasteiger partial charge on any atom is 0.450 e. The van der Waals surface area contributed by atoms with Crippen LogP contribution >= 0.6 is 0 Å². The van der Waals surface area contributed by atoms with E-state index in [-0.39, 0.29) is 28.9 Å². The molecule has 0 aliphatic heterocycles. The number of carbonyl (C=O) groups excluding carboxylic acids is 1. The number of amides is 1. The van der Waals surface area contributed by atoms with Crippen molar-refractivity contribution in [3.63, 3.8) is 0 Å². The first kappa shape index (κ1) is 24.1. The highest BCUT2D eigenvalue weighted by atomic mass is 19.4. The number of fused-ring (bicyclic) bond motifs is 2. The van der Waals surface area contributed by atoms with Crippen molar-refractivity contribution in [2.24, 2.45) is 0 Å². The van der Waals surface area contributed by atoms with Gasteiger partial charge in [-0.2, -0.15) is 13.2 Å². The molecule has 0 unspecified atom stereocenters. The Morgan fingerprint density at radius 1 is 0.865 bits per heavy atom. The summed E-state index contributed by atoms with van der Waals surface area (Å²) in [6.45, 7) is -0.0513. The average Bonchev–Trinajstić information content (AvgIpc) is 2.90. The van der Waals surface area contributed by atoms with Crippen LogP contribution in [-0.2, 0) is 17.5 Å². The Hall–Kier alpha value is -4.59. The van der Waals surface area contributed by atoms with Gasteiger partial charge in [-0.1, -0.05) is 72.8 Å². The lowest BCUT2D eigenvalue weighted by Gasteiger charge is -2.15. The lowest BCUT2D eigenvalue weighted by molar-refractivity contribution is -0.152. The van der Waals surface area contributed by atoms with Gasteiger partial charge in [0.15, 0.2) is 6.61 Å². The summed E-state index contributed by atoms with van der Waals surface area (Å²) in [7, 11) is 0. The van der Waals surface area contributed by atoms with E-state index in [1.807, 2.05) is 30.3 Å². The predicted octanol–water partition coefficient (Wildman–Crippen LogP) is 6.33. The quantitative estimate of drug-likeness (QED) is 0.294. The average molecular weight is 503 g/mol. The van der Waals surface area contributed by atoms with Gasteiger partial charge in [-0.25, -0.2) is 0 Å². The van der Waals surface area contributed by atoms with E-state index in [0.29, 0.717) is 17.3 Å². The van der Waals surface area contributed by atoms with E-state index in [9.17, 15) is 22.8 Å². The molecule has 0 saturated heterocycles. The Labute approximate surface area is 209 Å². The number of halogens is 3. The van der Waals surface area contributed by atoms with Crippen LogP contribution in [0.5, 0.6) is 5.75 Å². The lowest BCUT2D eigenvalue weighted by Crippen LogP contribution is -2.28. The Bertz CT molecular complexity index is 1650. The van der Waals surface area contributed by atoms with E-state index in [1.165, 1.54) is 24.3 Å². The van der Waals surface area contributed by atoms with Crippen LogP contribution in [0.15, 0.2) is 100 Å². The number of benzene rings is 4. The molecule has 0 bridgehead atoms. The third-order valence-electron chi connectivity index (χ3n) is 5.88. The van der Waals surface area contributed by atoms with Crippen molar-refractivity contribution >= 4 is 27.6 Å². The Balaban J connectivity index is 1.47. The molecule has 5 nitrogen and oxygen atoms in total. The first-order chi connectivity index (χ1) is 17.8. The van der Waals surface area contributed by atoms with Crippen LogP contribution in [0.1, 0.15) is 11.3 Å². The minimum atomic E-state index is -4.92. The van der Waals surface area contributed by atoms with Gasteiger partial charge < -0.3 is 14.5 Å². The van der Waals surface area contributed by atoms with Crippen LogP contribution in [-0.4, -0.2) is 12.5 Å². The summed E-state index contributed by atoms with van der Waals surface area (Å²) in [6, 6.07) is 24.9. The van der Waals surface area contributed by atoms with Crippen molar-refractivity contribution < 1.29 is 27.1 Å². The number of ether oxygens (including phenoxy) is 1. The van der Waals surface area contributed by atoms with E-state index >= 15 is 0 Å². The fourth-order valence-electron chi connectivity index (χ4n) is 4.15. The fourth-order valence-corrected chi connectivity index (χ4v) is 4.15. The zero-order chi connectivity index (χ0) is 26.0. The van der Waals surface area contributed by atoms with Crippen LogP contribution in [0.25, 0.3) is 32.9 Å². The topological polar surface area (TPSA) is 68.5 Å². The molecular formula is C29H20F3NO4. The van der Waals surface area contributed by atoms with Crippen molar-refractivity contribution in [2.75, 3.05) is 6.61 Å². The molecule has 186 valence electrons. The minimum Gasteiger partial charge on any atom is -0.484 e. The minimum absolute atomic E-state index is 0.0307. The van der Waals surface area contributed by atoms with Gasteiger partial charge in [0.1, 0.15) is 11.3 Å². The maximum absolute atomic E-state index is 14.1. The van der Waals surface area contributed by atoms with Crippen molar-refractivity contribution in [1.82, 2.24) is 5.32 Å². The van der Waals surface area contributed by atoms with Crippen molar-refractivity contribution in [2.45, 2.75) is 12.7 Å². The van der Waals surface area contributed by atoms with E-state index in [1.54, 1.807) is 36.4 Å². The van der Waals surface area contributed by atoms with Crippen LogP contribution in [0, 0.1) is 0 Å². The molecule has 8 heteroatoms. The number of nitrogens with one attached hydrogen (secondary N) is 1. The Morgan fingerprint density at radius 3 is 2.38 bits per heavy atom. The van der Waals surface area contributed by atoms with Crippen LogP contribution in [0.3, 0.4) is 0 Å². The SMILES string of the molecule is O=C(COc1ccc2c(=O)c(-c3cccc4ccccc34)c(C(F)(F)F)oc2c1)NCc1ccccc1. The zero-order valence-corrected chi connectivity index (χ0v) is 19.3. The smallest absolute Gasteiger partial charge is 0.450 e. The summed E-state index contributed by atoms with van der Waals surface area (Å²) >= 11 is 0. The number of alkyl halides is 3. The summed E-state index contributed by atoms with van der Waals surface area (Å²) in [5, 5.41) is 3.87. The number of rotatable bonds is 6. The summed E-state index contributed by atoms with van der Waals surface area (Å²) in [4.78, 5) is 25.5. The molecule has 0 radical (unpaired) electrons. The van der Waals surface area contributed by atoms with Crippen molar-refractivity contribution in [3.8, 4) is 16.9 Å². The van der Waals surface area contributed by atoms with Gasteiger partial charge in [0.2, 0.25) is 11.2 Å². The zero-order valence-electron chi connectivity index (χ0n) is 19.3. The van der Waals surface area contributed by atoms with Gasteiger partial charge in [0.25, 0.3) is 5.91 Å². The Kier molecular flexibility index (Phi) is 6.40. The first-order valence-corrected chi connectivity index (χ1v) is 11.4. The highest BCUT2D eigenvalue weighted by Crippen LogP contribution is 2.39. The molecular weight excluding hydrogens is 483 g/mol. The number of hydrogen-bond acceptors (Lipinski definition) is 4. The highest BCUT2D eigenvalue weighted by Gasteiger charge is 2.39. The molecule has 1 aromatic heterocycles. The van der Waals surface area contributed by atoms with Crippen molar-refractivity contribution in [1.29, 1.82) is 0 Å². The molecule has 4 aromatic carbocycles. The third-order valence-corrected chi connectivity index (χ3v) is 5.88. The van der Waals surface area contributed by atoms with E-state index in [4.69, 9.17) is 9.15 Å². The van der Waals surface area contributed by atoms with E-state index < -0.39 is 28.8 Å². The van der Waals surface area contributed by atoms with Gasteiger partial charge in [-0.3, -0.25) is 9.59 Å². The largest absolute Gasteiger partial charge is 0.484 e. The van der Waals surface area contributed by atoms with Crippen molar-refractivity contribution in [3.05, 3.63) is 113 Å². The second-order valence-electron chi connectivity index (χ2n) is 8.37. The second-order valence-corrected chi connectivity index (χ2v) is 8.37.